The second kappa shape index (κ2) is 8.89. The molecule has 0 saturated heterocycles. The molecular formula is C26H36O. The topological polar surface area (TPSA) is 20.2 Å². The molecule has 0 bridgehead atoms. The summed E-state index contributed by atoms with van der Waals surface area (Å²) in [5.41, 5.74) is 5.87. The highest BCUT2D eigenvalue weighted by atomic mass is 16.3. The van der Waals surface area contributed by atoms with Gasteiger partial charge in [-0.05, 0) is 61.8 Å². The number of aryl methyl sites for hydroxylation is 2. The molecule has 0 heterocycles. The standard InChI is InChI=1S/C26H36O/c1-7-25(27,8-2)18-17-22-13-16-24(19-21(22)6)26(9-3,10-4)23-14-11-20(5)12-15-23/h11-19,27H,7-10H2,1-6H3/b18-17+. The van der Waals surface area contributed by atoms with E-state index in [4.69, 9.17) is 0 Å². The molecule has 1 N–H and O–H groups in total. The zero-order valence-corrected chi connectivity index (χ0v) is 18.0. The van der Waals surface area contributed by atoms with Crippen LogP contribution < -0.4 is 0 Å². The van der Waals surface area contributed by atoms with Crippen molar-refractivity contribution in [2.24, 2.45) is 0 Å². The Hall–Kier alpha value is -1.86. The lowest BCUT2D eigenvalue weighted by Crippen LogP contribution is -2.26. The number of benzene rings is 2. The van der Waals surface area contributed by atoms with Crippen molar-refractivity contribution in [3.8, 4) is 0 Å². The SMILES string of the molecule is CCC(O)(/C=C/c1ccc(C(CC)(CC)c2ccc(C)cc2)cc1C)CC. The summed E-state index contributed by atoms with van der Waals surface area (Å²) >= 11 is 0. The summed E-state index contributed by atoms with van der Waals surface area (Å²) in [5, 5.41) is 10.5. The van der Waals surface area contributed by atoms with Crippen LogP contribution in [0.2, 0.25) is 0 Å². The van der Waals surface area contributed by atoms with Gasteiger partial charge in [-0.3, -0.25) is 0 Å². The molecule has 146 valence electrons. The summed E-state index contributed by atoms with van der Waals surface area (Å²) in [7, 11) is 0. The molecule has 0 aliphatic carbocycles. The molecule has 0 amide bonds. The lowest BCUT2D eigenvalue weighted by atomic mass is 9.70. The molecule has 2 aromatic rings. The Labute approximate surface area is 166 Å². The van der Waals surface area contributed by atoms with Gasteiger partial charge in [-0.2, -0.15) is 0 Å². The highest BCUT2D eigenvalue weighted by molar-refractivity contribution is 5.57. The van der Waals surface area contributed by atoms with Crippen molar-refractivity contribution in [3.05, 3.63) is 76.4 Å². The molecule has 2 aromatic carbocycles. The molecule has 1 nitrogen and oxygen atoms in total. The van der Waals surface area contributed by atoms with Crippen molar-refractivity contribution < 1.29 is 5.11 Å². The van der Waals surface area contributed by atoms with Crippen LogP contribution in [-0.2, 0) is 5.41 Å². The van der Waals surface area contributed by atoms with E-state index in [1.54, 1.807) is 0 Å². The van der Waals surface area contributed by atoms with Gasteiger partial charge in [0, 0.05) is 5.41 Å². The lowest BCUT2D eigenvalue weighted by Gasteiger charge is -2.34. The molecule has 0 spiro atoms. The van der Waals surface area contributed by atoms with Gasteiger partial charge in [0.2, 0.25) is 0 Å². The van der Waals surface area contributed by atoms with Crippen molar-refractivity contribution in [2.75, 3.05) is 0 Å². The molecule has 0 atom stereocenters. The first-order valence-electron chi connectivity index (χ1n) is 10.4. The van der Waals surface area contributed by atoms with E-state index in [2.05, 4.69) is 76.2 Å². The van der Waals surface area contributed by atoms with Gasteiger partial charge in [0.25, 0.3) is 0 Å². The molecule has 27 heavy (non-hydrogen) atoms. The van der Waals surface area contributed by atoms with Crippen molar-refractivity contribution in [1.82, 2.24) is 0 Å². The molecule has 0 saturated carbocycles. The fourth-order valence-electron chi connectivity index (χ4n) is 4.00. The maximum Gasteiger partial charge on any atom is 0.0825 e. The zero-order valence-electron chi connectivity index (χ0n) is 18.0. The van der Waals surface area contributed by atoms with Crippen molar-refractivity contribution in [1.29, 1.82) is 0 Å². The van der Waals surface area contributed by atoms with Gasteiger partial charge in [0.05, 0.1) is 5.60 Å². The molecule has 0 fully saturated rings. The van der Waals surface area contributed by atoms with E-state index < -0.39 is 5.60 Å². The predicted octanol–water partition coefficient (Wildman–Crippen LogP) is 6.97. The van der Waals surface area contributed by atoms with Gasteiger partial charge >= 0.3 is 0 Å². The summed E-state index contributed by atoms with van der Waals surface area (Å²) in [5.74, 6) is 0. The van der Waals surface area contributed by atoms with E-state index >= 15 is 0 Å². The average Bonchev–Trinajstić information content (AvgIpc) is 2.69. The maximum absolute atomic E-state index is 10.5. The third-order valence-electron chi connectivity index (χ3n) is 6.43. The van der Waals surface area contributed by atoms with Crippen LogP contribution in [0.4, 0.5) is 0 Å². The number of rotatable bonds is 8. The highest BCUT2D eigenvalue weighted by Crippen LogP contribution is 2.39. The lowest BCUT2D eigenvalue weighted by molar-refractivity contribution is 0.0836. The molecule has 2 rings (SSSR count). The van der Waals surface area contributed by atoms with Crippen LogP contribution in [0.25, 0.3) is 6.08 Å². The molecule has 0 unspecified atom stereocenters. The maximum atomic E-state index is 10.5. The minimum absolute atomic E-state index is 0.0499. The summed E-state index contributed by atoms with van der Waals surface area (Å²) in [6.45, 7) is 12.9. The normalized spacial score (nSPS) is 12.7. The van der Waals surface area contributed by atoms with Gasteiger partial charge in [-0.1, -0.05) is 87.9 Å². The number of aliphatic hydroxyl groups is 1. The largest absolute Gasteiger partial charge is 0.386 e. The van der Waals surface area contributed by atoms with Crippen molar-refractivity contribution in [3.63, 3.8) is 0 Å². The second-order valence-corrected chi connectivity index (χ2v) is 7.87. The Morgan fingerprint density at radius 2 is 1.33 bits per heavy atom. The number of hydrogen-bond acceptors (Lipinski definition) is 1. The van der Waals surface area contributed by atoms with Crippen LogP contribution in [-0.4, -0.2) is 10.7 Å². The molecule has 1 heteroatoms. The van der Waals surface area contributed by atoms with Crippen LogP contribution >= 0.6 is 0 Å². The van der Waals surface area contributed by atoms with E-state index in [1.807, 2.05) is 19.9 Å². The first-order chi connectivity index (χ1) is 12.8. The van der Waals surface area contributed by atoms with Crippen LogP contribution in [0.1, 0.15) is 81.2 Å². The first kappa shape index (κ1) is 21.4. The van der Waals surface area contributed by atoms with E-state index in [0.717, 1.165) is 25.7 Å². The van der Waals surface area contributed by atoms with Gasteiger partial charge in [0.1, 0.15) is 0 Å². The third kappa shape index (κ3) is 4.52. The average molecular weight is 365 g/mol. The number of hydrogen-bond donors (Lipinski definition) is 1. The third-order valence-corrected chi connectivity index (χ3v) is 6.43. The van der Waals surface area contributed by atoms with Crippen molar-refractivity contribution >= 4 is 6.08 Å². The minimum Gasteiger partial charge on any atom is -0.386 e. The van der Waals surface area contributed by atoms with Crippen LogP contribution in [0, 0.1) is 13.8 Å². The van der Waals surface area contributed by atoms with Crippen LogP contribution in [0.5, 0.6) is 0 Å². The monoisotopic (exact) mass is 364 g/mol. The predicted molar refractivity (Wildman–Crippen MR) is 118 cm³/mol. The Kier molecular flexibility index (Phi) is 7.06. The zero-order chi connectivity index (χ0) is 20.1. The Balaban J connectivity index is 2.44. The summed E-state index contributed by atoms with van der Waals surface area (Å²) < 4.78 is 0. The van der Waals surface area contributed by atoms with Gasteiger partial charge in [-0.25, -0.2) is 0 Å². The quantitative estimate of drug-likeness (QED) is 0.536. The molecule has 0 aromatic heterocycles. The first-order valence-corrected chi connectivity index (χ1v) is 10.4. The van der Waals surface area contributed by atoms with E-state index in [9.17, 15) is 5.11 Å². The fourth-order valence-corrected chi connectivity index (χ4v) is 4.00. The van der Waals surface area contributed by atoms with Gasteiger partial charge in [0.15, 0.2) is 0 Å². The van der Waals surface area contributed by atoms with E-state index in [-0.39, 0.29) is 5.41 Å². The Bertz CT molecular complexity index is 759. The van der Waals surface area contributed by atoms with E-state index in [0.29, 0.717) is 0 Å². The summed E-state index contributed by atoms with van der Waals surface area (Å²) in [6.07, 6.45) is 7.66. The van der Waals surface area contributed by atoms with Crippen molar-refractivity contribution in [2.45, 2.75) is 78.2 Å². The molecular weight excluding hydrogens is 328 g/mol. The molecule has 0 aliphatic rings. The van der Waals surface area contributed by atoms with E-state index in [1.165, 1.54) is 27.8 Å². The smallest absolute Gasteiger partial charge is 0.0825 e. The molecule has 0 aliphatic heterocycles. The van der Waals surface area contributed by atoms with Crippen LogP contribution in [0.3, 0.4) is 0 Å². The second-order valence-electron chi connectivity index (χ2n) is 7.87. The van der Waals surface area contributed by atoms with Gasteiger partial charge < -0.3 is 5.11 Å². The Morgan fingerprint density at radius 1 is 0.778 bits per heavy atom. The highest BCUT2D eigenvalue weighted by Gasteiger charge is 2.30. The summed E-state index contributed by atoms with van der Waals surface area (Å²) in [6, 6.07) is 15.8. The Morgan fingerprint density at radius 3 is 1.81 bits per heavy atom. The summed E-state index contributed by atoms with van der Waals surface area (Å²) in [4.78, 5) is 0. The van der Waals surface area contributed by atoms with Gasteiger partial charge in [-0.15, -0.1) is 0 Å². The fraction of sp³-hybridized carbons (Fsp3) is 0.462. The minimum atomic E-state index is -0.705. The molecule has 0 radical (unpaired) electrons. The van der Waals surface area contributed by atoms with Crippen LogP contribution in [0.15, 0.2) is 48.5 Å².